The van der Waals surface area contributed by atoms with E-state index in [2.05, 4.69) is 5.32 Å². The molecular formula is C31H42N4O6. The predicted molar refractivity (Wildman–Crippen MR) is 155 cm³/mol. The van der Waals surface area contributed by atoms with Crippen molar-refractivity contribution in [1.29, 1.82) is 0 Å². The summed E-state index contributed by atoms with van der Waals surface area (Å²) >= 11 is 0. The van der Waals surface area contributed by atoms with Gasteiger partial charge >= 0.3 is 0 Å². The molecule has 0 saturated heterocycles. The summed E-state index contributed by atoms with van der Waals surface area (Å²) in [4.78, 5) is 41.9. The molecule has 6 N–H and O–H groups in total. The molecule has 1 aliphatic carbocycles. The number of aliphatic hydroxyl groups excluding tert-OH is 1. The molecule has 222 valence electrons. The number of nitrogens with one attached hydrogen (secondary N) is 1. The molecule has 0 radical (unpaired) electrons. The summed E-state index contributed by atoms with van der Waals surface area (Å²) in [5.74, 6) is -0.260. The van der Waals surface area contributed by atoms with Crippen LogP contribution in [0.2, 0.25) is 0 Å². The van der Waals surface area contributed by atoms with Crippen LogP contribution in [0.3, 0.4) is 0 Å². The van der Waals surface area contributed by atoms with Gasteiger partial charge in [0.1, 0.15) is 11.5 Å². The molecule has 0 spiro atoms. The fourth-order valence-electron chi connectivity index (χ4n) is 5.14. The Balaban J connectivity index is 1.97. The number of amides is 3. The van der Waals surface area contributed by atoms with Crippen molar-refractivity contribution in [2.75, 3.05) is 20.2 Å². The molecule has 1 unspecified atom stereocenters. The lowest BCUT2D eigenvalue weighted by atomic mass is 9.70. The molecule has 2 aromatic rings. The van der Waals surface area contributed by atoms with E-state index >= 15 is 0 Å². The minimum Gasteiger partial charge on any atom is -0.497 e. The molecule has 1 aromatic carbocycles. The summed E-state index contributed by atoms with van der Waals surface area (Å²) in [7, 11) is 1.56. The molecule has 0 bridgehead atoms. The second-order valence-corrected chi connectivity index (χ2v) is 10.5. The van der Waals surface area contributed by atoms with Gasteiger partial charge in [-0.1, -0.05) is 32.1 Å². The van der Waals surface area contributed by atoms with Crippen molar-refractivity contribution in [2.24, 2.45) is 16.9 Å². The Morgan fingerprint density at radius 1 is 1.17 bits per heavy atom. The number of benzene rings is 1. The molecule has 3 atom stereocenters. The molecule has 1 aliphatic rings. The molecule has 41 heavy (non-hydrogen) atoms. The van der Waals surface area contributed by atoms with Crippen molar-refractivity contribution in [3.63, 3.8) is 0 Å². The topological polar surface area (TPSA) is 161 Å². The maximum Gasteiger partial charge on any atom is 0.249 e. The van der Waals surface area contributed by atoms with Crippen molar-refractivity contribution in [2.45, 2.75) is 64.6 Å². The minimum absolute atomic E-state index is 0.0268. The normalized spacial score (nSPS) is 18.1. The standard InChI is InChI=1S/C31H42N4O6/c1-4-11-35(12-5-2)29(38)23-15-22(28(33)37)17-31(18-23,19-27(36)26(32)16-25-10-7-13-41-25)30(39)34-20-21-8-6-9-24(14-21)40-3/h6-10,13-15,17,26-27,36H,4-5,11-12,16,18-20,32H2,1-3H3,(H2,33,37)(H,34,39)/t26-,27+,31?/m0/s1. The van der Waals surface area contributed by atoms with E-state index in [1.807, 2.05) is 26.0 Å². The summed E-state index contributed by atoms with van der Waals surface area (Å²) in [6.07, 6.45) is 4.88. The van der Waals surface area contributed by atoms with Crippen LogP contribution in [0.4, 0.5) is 0 Å². The number of primary amides is 1. The first-order chi connectivity index (χ1) is 19.6. The van der Waals surface area contributed by atoms with Crippen molar-refractivity contribution in [3.05, 3.63) is 77.3 Å². The van der Waals surface area contributed by atoms with Gasteiger partial charge in [0.15, 0.2) is 0 Å². The fraction of sp³-hybridized carbons (Fsp3) is 0.452. The van der Waals surface area contributed by atoms with Crippen molar-refractivity contribution >= 4 is 17.7 Å². The number of furan rings is 1. The van der Waals surface area contributed by atoms with Gasteiger partial charge in [0, 0.05) is 43.2 Å². The number of rotatable bonds is 15. The van der Waals surface area contributed by atoms with E-state index in [0.717, 1.165) is 18.4 Å². The largest absolute Gasteiger partial charge is 0.497 e. The Morgan fingerprint density at radius 2 is 1.90 bits per heavy atom. The highest BCUT2D eigenvalue weighted by atomic mass is 16.5. The number of methoxy groups -OCH3 is 1. The minimum atomic E-state index is -1.47. The van der Waals surface area contributed by atoms with Crippen LogP contribution in [-0.2, 0) is 27.3 Å². The Labute approximate surface area is 241 Å². The second kappa shape index (κ2) is 14.7. The lowest BCUT2D eigenvalue weighted by Gasteiger charge is -2.37. The van der Waals surface area contributed by atoms with Crippen LogP contribution in [0, 0.1) is 5.41 Å². The van der Waals surface area contributed by atoms with Gasteiger partial charge in [0.2, 0.25) is 17.7 Å². The predicted octanol–water partition coefficient (Wildman–Crippen LogP) is 2.60. The van der Waals surface area contributed by atoms with E-state index in [1.165, 1.54) is 18.4 Å². The van der Waals surface area contributed by atoms with Crippen LogP contribution in [0.1, 0.15) is 50.9 Å². The highest BCUT2D eigenvalue weighted by Gasteiger charge is 2.44. The molecule has 0 fully saturated rings. The first-order valence-corrected chi connectivity index (χ1v) is 14.0. The van der Waals surface area contributed by atoms with Gasteiger partial charge in [-0.3, -0.25) is 14.4 Å². The summed E-state index contributed by atoms with van der Waals surface area (Å²) in [5.41, 5.74) is 11.7. The third kappa shape index (κ3) is 8.31. The smallest absolute Gasteiger partial charge is 0.249 e. The van der Waals surface area contributed by atoms with Crippen LogP contribution in [0.15, 0.2) is 70.4 Å². The van der Waals surface area contributed by atoms with Crippen molar-refractivity contribution < 1.29 is 28.6 Å². The average molecular weight is 567 g/mol. The summed E-state index contributed by atoms with van der Waals surface area (Å²) < 4.78 is 10.7. The highest BCUT2D eigenvalue weighted by molar-refractivity contribution is 6.03. The average Bonchev–Trinajstić information content (AvgIpc) is 3.48. The first-order valence-electron chi connectivity index (χ1n) is 14.0. The van der Waals surface area contributed by atoms with E-state index in [0.29, 0.717) is 24.6 Å². The Kier molecular flexibility index (Phi) is 11.3. The maximum atomic E-state index is 14.0. The van der Waals surface area contributed by atoms with Crippen molar-refractivity contribution in [1.82, 2.24) is 10.2 Å². The van der Waals surface area contributed by atoms with E-state index in [9.17, 15) is 19.5 Å². The molecule has 0 saturated carbocycles. The van der Waals surface area contributed by atoms with E-state index in [4.69, 9.17) is 20.6 Å². The quantitative estimate of drug-likeness (QED) is 0.258. The first kappa shape index (κ1) is 31.6. The second-order valence-electron chi connectivity index (χ2n) is 10.5. The van der Waals surface area contributed by atoms with E-state index in [1.54, 1.807) is 36.3 Å². The number of carbonyl (C=O) groups is 3. The van der Waals surface area contributed by atoms with E-state index in [-0.39, 0.29) is 42.9 Å². The highest BCUT2D eigenvalue weighted by Crippen LogP contribution is 2.40. The number of hydrogen-bond acceptors (Lipinski definition) is 7. The molecule has 1 aromatic heterocycles. The molecular weight excluding hydrogens is 524 g/mol. The van der Waals surface area contributed by atoms with Gasteiger partial charge in [-0.25, -0.2) is 0 Å². The van der Waals surface area contributed by atoms with Crippen molar-refractivity contribution in [3.8, 4) is 5.75 Å². The number of carbonyl (C=O) groups excluding carboxylic acids is 3. The number of hydrogen-bond donors (Lipinski definition) is 4. The number of nitrogens with zero attached hydrogens (tertiary/aromatic N) is 1. The van der Waals surface area contributed by atoms with Gasteiger partial charge in [0.25, 0.3) is 0 Å². The molecule has 10 nitrogen and oxygen atoms in total. The molecule has 1 heterocycles. The fourth-order valence-corrected chi connectivity index (χ4v) is 5.14. The van der Waals surface area contributed by atoms with Crippen LogP contribution in [0.5, 0.6) is 5.75 Å². The van der Waals surface area contributed by atoms with Crippen LogP contribution >= 0.6 is 0 Å². The number of nitrogens with two attached hydrogens (primary N) is 2. The summed E-state index contributed by atoms with van der Waals surface area (Å²) in [6, 6.07) is 9.97. The number of aliphatic hydroxyl groups is 1. The van der Waals surface area contributed by atoms with Crippen LogP contribution in [0.25, 0.3) is 0 Å². The third-order valence-electron chi connectivity index (χ3n) is 7.22. The van der Waals surface area contributed by atoms with Gasteiger partial charge in [-0.2, -0.15) is 0 Å². The lowest BCUT2D eigenvalue weighted by molar-refractivity contribution is -0.131. The van der Waals surface area contributed by atoms with Gasteiger partial charge in [0.05, 0.1) is 24.9 Å². The van der Waals surface area contributed by atoms with Gasteiger partial charge in [-0.05, 0) is 61.6 Å². The third-order valence-corrected chi connectivity index (χ3v) is 7.22. The molecule has 3 rings (SSSR count). The Morgan fingerprint density at radius 3 is 2.51 bits per heavy atom. The van der Waals surface area contributed by atoms with Gasteiger partial charge in [-0.15, -0.1) is 0 Å². The van der Waals surface area contributed by atoms with Crippen LogP contribution in [-0.4, -0.2) is 60.1 Å². The van der Waals surface area contributed by atoms with Crippen LogP contribution < -0.4 is 21.5 Å². The summed E-state index contributed by atoms with van der Waals surface area (Å²) in [6.45, 7) is 5.19. The Hall–Kier alpha value is -3.89. The SMILES string of the molecule is CCCN(CCC)C(=O)C1=CC(C(N)=O)=CC(C[C@@H](O)[C@@H](N)Cc2ccco2)(C(=O)NCc2cccc(OC)c2)C1. The zero-order valence-electron chi connectivity index (χ0n) is 24.1. The zero-order chi connectivity index (χ0) is 30.0. The maximum absolute atomic E-state index is 14.0. The summed E-state index contributed by atoms with van der Waals surface area (Å²) in [5, 5.41) is 14.2. The molecule has 10 heteroatoms. The monoisotopic (exact) mass is 566 g/mol. The zero-order valence-corrected chi connectivity index (χ0v) is 24.1. The Bertz CT molecular complexity index is 1250. The lowest BCUT2D eigenvalue weighted by Crippen LogP contribution is -2.48. The van der Waals surface area contributed by atoms with Gasteiger partial charge < -0.3 is 35.9 Å². The molecule has 0 aliphatic heterocycles. The molecule has 3 amide bonds. The number of ether oxygens (including phenoxy) is 1. The van der Waals surface area contributed by atoms with E-state index < -0.39 is 29.4 Å².